The lowest BCUT2D eigenvalue weighted by atomic mass is 10.3. The Labute approximate surface area is 198 Å². The molecule has 0 spiro atoms. The van der Waals surface area contributed by atoms with E-state index in [0.717, 1.165) is 44.1 Å². The molecule has 0 bridgehead atoms. The molecule has 0 amide bonds. The van der Waals surface area contributed by atoms with E-state index in [1.54, 1.807) is 12.3 Å². The van der Waals surface area contributed by atoms with Crippen LogP contribution in [0.5, 0.6) is 0 Å². The molecule has 0 atom stereocenters. The fraction of sp³-hybridized carbons (Fsp3) is 0.273. The fourth-order valence-electron chi connectivity index (χ4n) is 3.94. The van der Waals surface area contributed by atoms with Crippen molar-refractivity contribution in [2.75, 3.05) is 49.5 Å². The minimum absolute atomic E-state index is 0.148. The molecule has 0 unspecified atom stereocenters. The van der Waals surface area contributed by atoms with Gasteiger partial charge in [-0.05, 0) is 18.2 Å². The summed E-state index contributed by atoms with van der Waals surface area (Å²) >= 11 is 6.00. The molecule has 1 aliphatic rings. The smallest absolute Gasteiger partial charge is 0.150 e. The monoisotopic (exact) mass is 486 g/mol. The van der Waals surface area contributed by atoms with Crippen molar-refractivity contribution in [2.24, 2.45) is 0 Å². The van der Waals surface area contributed by atoms with Gasteiger partial charge >= 0.3 is 0 Å². The first-order valence-electron chi connectivity index (χ1n) is 10.7. The summed E-state index contributed by atoms with van der Waals surface area (Å²) in [6.45, 7) is 4.07. The molecular formula is C22H21ClF2N8O. The molecule has 1 aromatic carbocycles. The van der Waals surface area contributed by atoms with Crippen LogP contribution in [0, 0.1) is 11.6 Å². The third-order valence-corrected chi connectivity index (χ3v) is 6.05. The molecule has 2 N–H and O–H groups in total. The largest absolute Gasteiger partial charge is 0.395 e. The van der Waals surface area contributed by atoms with Crippen molar-refractivity contribution in [1.29, 1.82) is 0 Å². The second-order valence-corrected chi connectivity index (χ2v) is 8.17. The van der Waals surface area contributed by atoms with E-state index in [1.807, 2.05) is 6.07 Å². The molecule has 4 aromatic rings. The lowest BCUT2D eigenvalue weighted by molar-refractivity contribution is 0.188. The van der Waals surface area contributed by atoms with Crippen LogP contribution < -0.4 is 10.2 Å². The summed E-state index contributed by atoms with van der Waals surface area (Å²) in [5.41, 5.74) is 0.347. The summed E-state index contributed by atoms with van der Waals surface area (Å²) < 4.78 is 29.5. The average Bonchev–Trinajstić information content (AvgIpc) is 3.27. The van der Waals surface area contributed by atoms with E-state index in [-0.39, 0.29) is 17.3 Å². The molecule has 34 heavy (non-hydrogen) atoms. The minimum Gasteiger partial charge on any atom is -0.395 e. The van der Waals surface area contributed by atoms with E-state index in [0.29, 0.717) is 29.1 Å². The van der Waals surface area contributed by atoms with Crippen molar-refractivity contribution < 1.29 is 13.9 Å². The van der Waals surface area contributed by atoms with E-state index in [1.165, 1.54) is 17.2 Å². The molecule has 5 rings (SSSR count). The molecule has 176 valence electrons. The van der Waals surface area contributed by atoms with Gasteiger partial charge in [0.2, 0.25) is 0 Å². The lowest BCUT2D eigenvalue weighted by Crippen LogP contribution is -2.47. The zero-order valence-corrected chi connectivity index (χ0v) is 18.8. The number of aliphatic hydroxyl groups excluding tert-OH is 1. The number of anilines is 3. The molecule has 1 saturated heterocycles. The van der Waals surface area contributed by atoms with Crippen LogP contribution in [-0.4, -0.2) is 74.1 Å². The van der Waals surface area contributed by atoms with Crippen LogP contribution in [0.3, 0.4) is 0 Å². The molecule has 9 nitrogen and oxygen atoms in total. The fourth-order valence-corrected chi connectivity index (χ4v) is 4.18. The lowest BCUT2D eigenvalue weighted by Gasteiger charge is -2.35. The Bertz CT molecular complexity index is 1330. The number of β-amino-alcohol motifs (C(OH)–C–C–N with tert-alkyl or cyclic N) is 1. The molecule has 3 aromatic heterocycles. The second kappa shape index (κ2) is 9.45. The van der Waals surface area contributed by atoms with Gasteiger partial charge in [0.1, 0.15) is 40.3 Å². The molecule has 0 aliphatic carbocycles. The highest BCUT2D eigenvalue weighted by molar-refractivity contribution is 6.32. The van der Waals surface area contributed by atoms with Gasteiger partial charge in [-0.25, -0.2) is 28.4 Å². The SMILES string of the molecule is OCCN1CCN(c2cc(Nc3nccc4nn(-c5c(F)ccc(F)c5Cl)cc34)ncn2)CC1. The number of rotatable bonds is 6. The second-order valence-electron chi connectivity index (χ2n) is 7.80. The van der Waals surface area contributed by atoms with Gasteiger partial charge in [-0.3, -0.25) is 4.90 Å². The Hall–Kier alpha value is -3.41. The number of benzene rings is 1. The van der Waals surface area contributed by atoms with Gasteiger partial charge < -0.3 is 15.3 Å². The predicted octanol–water partition coefficient (Wildman–Crippen LogP) is 3.00. The van der Waals surface area contributed by atoms with E-state index in [4.69, 9.17) is 16.7 Å². The summed E-state index contributed by atoms with van der Waals surface area (Å²) in [6.07, 6.45) is 4.58. The van der Waals surface area contributed by atoms with Crippen molar-refractivity contribution in [2.45, 2.75) is 0 Å². The van der Waals surface area contributed by atoms with E-state index < -0.39 is 11.6 Å². The Morgan fingerprint density at radius 1 is 1.03 bits per heavy atom. The molecule has 1 aliphatic heterocycles. The van der Waals surface area contributed by atoms with Crippen LogP contribution in [0.4, 0.5) is 26.2 Å². The summed E-state index contributed by atoms with van der Waals surface area (Å²) in [5.74, 6) is 0.332. The van der Waals surface area contributed by atoms with Crippen LogP contribution in [0.15, 0.2) is 43.0 Å². The minimum atomic E-state index is -0.736. The number of pyridine rings is 1. The van der Waals surface area contributed by atoms with Gasteiger partial charge in [-0.1, -0.05) is 11.6 Å². The third-order valence-electron chi connectivity index (χ3n) is 5.69. The maximum absolute atomic E-state index is 14.4. The van der Waals surface area contributed by atoms with E-state index in [9.17, 15) is 8.78 Å². The highest BCUT2D eigenvalue weighted by Crippen LogP contribution is 2.30. The summed E-state index contributed by atoms with van der Waals surface area (Å²) in [4.78, 5) is 17.4. The number of hydrogen-bond acceptors (Lipinski definition) is 8. The van der Waals surface area contributed by atoms with Crippen molar-refractivity contribution >= 4 is 40.0 Å². The number of halogens is 3. The van der Waals surface area contributed by atoms with Gasteiger partial charge in [0.05, 0.1) is 17.5 Å². The van der Waals surface area contributed by atoms with Gasteiger partial charge in [0.25, 0.3) is 0 Å². The first-order valence-corrected chi connectivity index (χ1v) is 11.1. The molecule has 12 heteroatoms. The summed E-state index contributed by atoms with van der Waals surface area (Å²) in [6, 6.07) is 5.47. The standard InChI is InChI=1S/C22H21ClF2N8O/c23-20-15(24)1-2-16(25)21(20)33-12-14-17(30-33)3-4-26-22(14)29-18-11-19(28-13-27-18)32-7-5-31(6-8-32)9-10-34/h1-4,11-13,34H,5-10H2,(H,26,27,28,29). The zero-order valence-electron chi connectivity index (χ0n) is 18.0. The number of fused-ring (bicyclic) bond motifs is 1. The highest BCUT2D eigenvalue weighted by atomic mass is 35.5. The van der Waals surface area contributed by atoms with E-state index in [2.05, 4.69) is 35.2 Å². The predicted molar refractivity (Wildman–Crippen MR) is 125 cm³/mol. The molecule has 0 radical (unpaired) electrons. The van der Waals surface area contributed by atoms with Crippen LogP contribution >= 0.6 is 11.6 Å². The Balaban J connectivity index is 1.41. The van der Waals surface area contributed by atoms with Gasteiger partial charge in [-0.15, -0.1) is 0 Å². The quantitative estimate of drug-likeness (QED) is 0.402. The topological polar surface area (TPSA) is 95.2 Å². The number of aromatic nitrogens is 5. The van der Waals surface area contributed by atoms with Crippen LogP contribution in [-0.2, 0) is 0 Å². The number of aliphatic hydroxyl groups is 1. The number of nitrogens with zero attached hydrogens (tertiary/aromatic N) is 7. The van der Waals surface area contributed by atoms with Crippen LogP contribution in [0.1, 0.15) is 0 Å². The Kier molecular flexibility index (Phi) is 6.22. The Morgan fingerprint density at radius 3 is 2.62 bits per heavy atom. The first-order chi connectivity index (χ1) is 16.5. The van der Waals surface area contributed by atoms with Gasteiger partial charge in [0.15, 0.2) is 5.82 Å². The zero-order chi connectivity index (χ0) is 23.7. The van der Waals surface area contributed by atoms with Crippen molar-refractivity contribution in [3.05, 3.63) is 59.6 Å². The molecular weight excluding hydrogens is 466 g/mol. The van der Waals surface area contributed by atoms with Crippen molar-refractivity contribution in [3.8, 4) is 5.69 Å². The summed E-state index contributed by atoms with van der Waals surface area (Å²) in [5, 5.41) is 16.9. The highest BCUT2D eigenvalue weighted by Gasteiger charge is 2.19. The van der Waals surface area contributed by atoms with Gasteiger partial charge in [0, 0.05) is 51.2 Å². The average molecular weight is 487 g/mol. The maximum Gasteiger partial charge on any atom is 0.150 e. The third kappa shape index (κ3) is 4.37. The van der Waals surface area contributed by atoms with Gasteiger partial charge in [-0.2, -0.15) is 5.10 Å². The molecule has 0 saturated carbocycles. The maximum atomic E-state index is 14.4. The molecule has 1 fully saturated rings. The van der Waals surface area contributed by atoms with Crippen molar-refractivity contribution in [3.63, 3.8) is 0 Å². The number of piperazine rings is 1. The van der Waals surface area contributed by atoms with Crippen LogP contribution in [0.25, 0.3) is 16.6 Å². The normalized spacial score (nSPS) is 14.6. The van der Waals surface area contributed by atoms with Crippen LogP contribution in [0.2, 0.25) is 5.02 Å². The van der Waals surface area contributed by atoms with E-state index >= 15 is 0 Å². The summed E-state index contributed by atoms with van der Waals surface area (Å²) in [7, 11) is 0. The van der Waals surface area contributed by atoms with Crippen molar-refractivity contribution in [1.82, 2.24) is 29.6 Å². The number of hydrogen-bond donors (Lipinski definition) is 2. The molecule has 4 heterocycles. The number of nitrogens with one attached hydrogen (secondary N) is 1. The first kappa shape index (κ1) is 22.4. The Morgan fingerprint density at radius 2 is 1.82 bits per heavy atom.